The molecule has 3 N–H and O–H groups in total. The van der Waals surface area contributed by atoms with E-state index in [0.717, 1.165) is 0 Å². The first-order valence-corrected chi connectivity index (χ1v) is 4.85. The summed E-state index contributed by atoms with van der Waals surface area (Å²) in [6.45, 7) is 6.54. The topological polar surface area (TPSA) is 121 Å². The molecule has 7 nitrogen and oxygen atoms in total. The van der Waals surface area contributed by atoms with E-state index >= 15 is 0 Å². The van der Waals surface area contributed by atoms with Gasteiger partial charge < -0.3 is 20.1 Å². The van der Waals surface area contributed by atoms with E-state index in [1.165, 1.54) is 6.92 Å². The van der Waals surface area contributed by atoms with Gasteiger partial charge in [0, 0.05) is 0 Å². The van der Waals surface area contributed by atoms with Crippen molar-refractivity contribution in [3.05, 3.63) is 6.92 Å². The van der Waals surface area contributed by atoms with Crippen molar-refractivity contribution in [2.24, 2.45) is 0 Å². The number of carbonyl (C=O) groups excluding carboxylic acids is 1. The van der Waals surface area contributed by atoms with Gasteiger partial charge in [0.25, 0.3) is 0 Å². The van der Waals surface area contributed by atoms with Crippen molar-refractivity contribution in [2.75, 3.05) is 6.61 Å². The zero-order chi connectivity index (χ0) is 14.1. The summed E-state index contributed by atoms with van der Waals surface area (Å²) in [4.78, 5) is 31.8. The van der Waals surface area contributed by atoms with Crippen molar-refractivity contribution < 1.29 is 34.4 Å². The molecule has 1 atom stereocenters. The fourth-order valence-corrected chi connectivity index (χ4v) is 0.915. The molecule has 0 aliphatic rings. The van der Waals surface area contributed by atoms with Crippen LogP contribution in [0.4, 0.5) is 0 Å². The molecule has 0 aliphatic heterocycles. The number of hydrogen-bond donors (Lipinski definition) is 3. The number of aliphatic carboxylic acids is 2. The van der Waals surface area contributed by atoms with E-state index < -0.39 is 36.4 Å². The average Bonchev–Trinajstić information content (AvgIpc) is 2.19. The fraction of sp³-hybridized carbons (Fsp3) is 0.600. The summed E-state index contributed by atoms with van der Waals surface area (Å²) in [5, 5.41) is 26.3. The smallest absolute Gasteiger partial charge is 0.336 e. The van der Waals surface area contributed by atoms with Crippen LogP contribution < -0.4 is 0 Å². The Bertz CT molecular complexity index is 274. The molecule has 0 saturated carbocycles. The van der Waals surface area contributed by atoms with Crippen LogP contribution in [0, 0.1) is 6.92 Å². The summed E-state index contributed by atoms with van der Waals surface area (Å²) in [5.74, 6) is -4.23. The van der Waals surface area contributed by atoms with E-state index in [9.17, 15) is 19.5 Å². The molecular formula is C10H17O7. The van der Waals surface area contributed by atoms with Gasteiger partial charge in [-0.15, -0.1) is 0 Å². The maximum atomic E-state index is 10.9. The molecule has 0 rings (SSSR count). The Labute approximate surface area is 99.0 Å². The Balaban J connectivity index is 0. The molecule has 0 bridgehead atoms. The van der Waals surface area contributed by atoms with Crippen LogP contribution in [0.15, 0.2) is 0 Å². The maximum Gasteiger partial charge on any atom is 0.336 e. The summed E-state index contributed by atoms with van der Waals surface area (Å²) in [5.41, 5.74) is -2.61. The van der Waals surface area contributed by atoms with Gasteiger partial charge in [-0.05, 0) is 6.92 Å². The SMILES string of the molecule is CCOC(=O)CC(O)(CC(=O)O)C(=O)O.[CH2]C. The van der Waals surface area contributed by atoms with Crippen LogP contribution >= 0.6 is 0 Å². The van der Waals surface area contributed by atoms with Gasteiger partial charge in [0.1, 0.15) is 0 Å². The molecule has 1 radical (unpaired) electrons. The van der Waals surface area contributed by atoms with Crippen molar-refractivity contribution in [3.63, 3.8) is 0 Å². The molecule has 0 saturated heterocycles. The van der Waals surface area contributed by atoms with Crippen LogP contribution in [0.2, 0.25) is 0 Å². The third-order valence-corrected chi connectivity index (χ3v) is 1.58. The minimum absolute atomic E-state index is 0.0294. The Morgan fingerprint density at radius 1 is 1.18 bits per heavy atom. The van der Waals surface area contributed by atoms with Gasteiger partial charge in [-0.1, -0.05) is 13.8 Å². The maximum absolute atomic E-state index is 10.9. The molecule has 0 fully saturated rings. The number of carbonyl (C=O) groups is 3. The molecule has 0 spiro atoms. The molecule has 0 aliphatic carbocycles. The highest BCUT2D eigenvalue weighted by molar-refractivity contribution is 5.88. The van der Waals surface area contributed by atoms with Crippen LogP contribution in [-0.2, 0) is 19.1 Å². The predicted molar refractivity (Wildman–Crippen MR) is 57.1 cm³/mol. The van der Waals surface area contributed by atoms with E-state index in [1.54, 1.807) is 6.92 Å². The minimum Gasteiger partial charge on any atom is -0.481 e. The monoisotopic (exact) mass is 249 g/mol. The van der Waals surface area contributed by atoms with E-state index in [1.807, 2.05) is 0 Å². The Morgan fingerprint density at radius 3 is 1.94 bits per heavy atom. The number of ether oxygens (including phenoxy) is 1. The quantitative estimate of drug-likeness (QED) is 0.569. The highest BCUT2D eigenvalue weighted by atomic mass is 16.5. The number of rotatable bonds is 6. The first-order valence-electron chi connectivity index (χ1n) is 4.85. The molecule has 17 heavy (non-hydrogen) atoms. The van der Waals surface area contributed by atoms with Crippen LogP contribution in [0.25, 0.3) is 0 Å². The number of aliphatic hydroxyl groups is 1. The lowest BCUT2D eigenvalue weighted by Crippen LogP contribution is -2.43. The van der Waals surface area contributed by atoms with Crippen molar-refractivity contribution in [1.29, 1.82) is 0 Å². The first kappa shape index (κ1) is 17.8. The molecule has 0 heterocycles. The van der Waals surface area contributed by atoms with E-state index in [2.05, 4.69) is 11.7 Å². The van der Waals surface area contributed by atoms with Gasteiger partial charge >= 0.3 is 17.9 Å². The normalized spacial score (nSPS) is 12.7. The number of carboxylic acid groups (broad SMARTS) is 2. The predicted octanol–water partition coefficient (Wildman–Crippen LogP) is 0.0704. The van der Waals surface area contributed by atoms with E-state index in [4.69, 9.17) is 10.2 Å². The second-order valence-electron chi connectivity index (χ2n) is 2.89. The Kier molecular flexibility index (Phi) is 8.89. The van der Waals surface area contributed by atoms with Gasteiger partial charge in [0.2, 0.25) is 0 Å². The van der Waals surface area contributed by atoms with Gasteiger partial charge in [0.05, 0.1) is 19.4 Å². The van der Waals surface area contributed by atoms with E-state index in [-0.39, 0.29) is 6.61 Å². The lowest BCUT2D eigenvalue weighted by Gasteiger charge is -2.19. The molecule has 0 amide bonds. The number of carboxylic acids is 2. The summed E-state index contributed by atoms with van der Waals surface area (Å²) in [6.07, 6.45) is -1.94. The lowest BCUT2D eigenvalue weighted by molar-refractivity contribution is -0.171. The summed E-state index contributed by atoms with van der Waals surface area (Å²) in [6, 6.07) is 0. The summed E-state index contributed by atoms with van der Waals surface area (Å²) in [7, 11) is 0. The van der Waals surface area contributed by atoms with Crippen LogP contribution in [0.1, 0.15) is 26.7 Å². The fourth-order valence-electron chi connectivity index (χ4n) is 0.915. The van der Waals surface area contributed by atoms with Crippen molar-refractivity contribution >= 4 is 17.9 Å². The van der Waals surface area contributed by atoms with Gasteiger partial charge in [-0.25, -0.2) is 4.79 Å². The highest BCUT2D eigenvalue weighted by Crippen LogP contribution is 2.16. The third kappa shape index (κ3) is 7.29. The zero-order valence-corrected chi connectivity index (χ0v) is 9.80. The summed E-state index contributed by atoms with van der Waals surface area (Å²) < 4.78 is 4.41. The molecule has 0 aromatic rings. The van der Waals surface area contributed by atoms with Gasteiger partial charge in [0.15, 0.2) is 5.60 Å². The van der Waals surface area contributed by atoms with E-state index in [0.29, 0.717) is 0 Å². The zero-order valence-electron chi connectivity index (χ0n) is 9.80. The third-order valence-electron chi connectivity index (χ3n) is 1.58. The van der Waals surface area contributed by atoms with Gasteiger partial charge in [-0.3, -0.25) is 9.59 Å². The first-order chi connectivity index (χ1) is 7.81. The summed E-state index contributed by atoms with van der Waals surface area (Å²) >= 11 is 0. The van der Waals surface area contributed by atoms with Crippen LogP contribution in [0.5, 0.6) is 0 Å². The van der Waals surface area contributed by atoms with Crippen molar-refractivity contribution in [3.8, 4) is 0 Å². The highest BCUT2D eigenvalue weighted by Gasteiger charge is 2.41. The lowest BCUT2D eigenvalue weighted by atomic mass is 9.96. The van der Waals surface area contributed by atoms with Gasteiger partial charge in [-0.2, -0.15) is 0 Å². The second kappa shape index (κ2) is 8.51. The average molecular weight is 249 g/mol. The van der Waals surface area contributed by atoms with Crippen LogP contribution in [0.3, 0.4) is 0 Å². The number of hydrogen-bond acceptors (Lipinski definition) is 5. The molecule has 7 heteroatoms. The Hall–Kier alpha value is -1.63. The van der Waals surface area contributed by atoms with Crippen LogP contribution in [-0.4, -0.2) is 45.4 Å². The molecule has 1 unspecified atom stereocenters. The van der Waals surface area contributed by atoms with Crippen molar-refractivity contribution in [2.45, 2.75) is 32.3 Å². The molecule has 0 aromatic carbocycles. The molecular weight excluding hydrogens is 232 g/mol. The Morgan fingerprint density at radius 2 is 1.65 bits per heavy atom. The standard InChI is InChI=1S/C8H12O7.C2H5/c1-2-15-6(11)4-8(14,7(12)13)3-5(9)10;1-2/h14H,2-4H2,1H3,(H,9,10)(H,12,13);1H2,2H3. The number of esters is 1. The molecule has 0 aromatic heterocycles. The van der Waals surface area contributed by atoms with Crippen molar-refractivity contribution in [1.82, 2.24) is 0 Å². The second-order valence-corrected chi connectivity index (χ2v) is 2.89. The largest absolute Gasteiger partial charge is 0.481 e. The molecule has 99 valence electrons. The minimum atomic E-state index is -2.61.